The topological polar surface area (TPSA) is 187 Å². The van der Waals surface area contributed by atoms with Gasteiger partial charge >= 0.3 is 5.97 Å². The lowest BCUT2D eigenvalue weighted by Crippen LogP contribution is -2.58. The van der Waals surface area contributed by atoms with Gasteiger partial charge in [0, 0.05) is 29.9 Å². The third-order valence-electron chi connectivity index (χ3n) is 7.60. The molecule has 242 valence electrons. The normalized spacial score (nSPS) is 13.7. The van der Waals surface area contributed by atoms with Gasteiger partial charge in [-0.05, 0) is 59.7 Å². The minimum absolute atomic E-state index is 0.00793. The van der Waals surface area contributed by atoms with Crippen LogP contribution in [0.5, 0.6) is 5.75 Å². The molecule has 0 spiro atoms. The van der Waals surface area contributed by atoms with Gasteiger partial charge in [-0.25, -0.2) is 4.79 Å². The molecule has 3 aromatic carbocycles. The number of carbonyl (C=O) groups is 4. The van der Waals surface area contributed by atoms with Crippen molar-refractivity contribution in [2.45, 2.75) is 49.9 Å². The van der Waals surface area contributed by atoms with Gasteiger partial charge in [-0.1, -0.05) is 60.7 Å². The number of aliphatic carboxylic acids is 1. The van der Waals surface area contributed by atoms with E-state index in [2.05, 4.69) is 20.9 Å². The number of aromatic hydroxyl groups is 1. The molecule has 4 aromatic rings. The van der Waals surface area contributed by atoms with E-state index in [9.17, 15) is 29.4 Å². The van der Waals surface area contributed by atoms with E-state index >= 15 is 0 Å². The SMILES string of the molecule is CSCCC(NC(=O)C(Cc1ccc(O)cc1)NC(=O)C(Cc1c[nH]c2ccccc12)NC(=O)C(N)Cc1ccccc1)C(=O)O. The molecule has 1 aromatic heterocycles. The summed E-state index contributed by atoms with van der Waals surface area (Å²) in [4.78, 5) is 55.9. The Hall–Kier alpha value is -4.81. The lowest BCUT2D eigenvalue weighted by molar-refractivity contribution is -0.142. The smallest absolute Gasteiger partial charge is 0.326 e. The summed E-state index contributed by atoms with van der Waals surface area (Å²) in [5, 5.41) is 28.4. The van der Waals surface area contributed by atoms with Crippen LogP contribution in [0.1, 0.15) is 23.1 Å². The van der Waals surface area contributed by atoms with Crippen LogP contribution in [-0.4, -0.2) is 75.1 Å². The minimum Gasteiger partial charge on any atom is -0.508 e. The van der Waals surface area contributed by atoms with Gasteiger partial charge in [0.15, 0.2) is 0 Å². The molecule has 11 nitrogen and oxygen atoms in total. The number of fused-ring (bicyclic) bond motifs is 1. The van der Waals surface area contributed by atoms with Crippen molar-refractivity contribution in [1.82, 2.24) is 20.9 Å². The Kier molecular flexibility index (Phi) is 12.2. The van der Waals surface area contributed by atoms with E-state index in [1.165, 1.54) is 23.9 Å². The first-order valence-corrected chi connectivity index (χ1v) is 16.3. The Morgan fingerprint density at radius 1 is 0.761 bits per heavy atom. The van der Waals surface area contributed by atoms with Crippen LogP contribution in [0.15, 0.2) is 85.1 Å². The van der Waals surface area contributed by atoms with Crippen molar-refractivity contribution in [3.05, 3.63) is 102 Å². The number of amides is 3. The standard InChI is InChI=1S/C34H39N5O6S/c1-46-16-15-28(34(44)45)37-32(42)29(18-22-11-13-24(40)14-12-22)39-33(43)30(19-23-20-36-27-10-6-5-9-25(23)27)38-31(41)26(35)17-21-7-3-2-4-8-21/h2-14,20,26,28-30,36,40H,15-19,35H2,1H3,(H,37,42)(H,38,41)(H,39,43)(H,44,45). The maximum atomic E-state index is 14.0. The number of carboxylic acids is 1. The summed E-state index contributed by atoms with van der Waals surface area (Å²) in [5.41, 5.74) is 9.38. The Morgan fingerprint density at radius 3 is 2.02 bits per heavy atom. The van der Waals surface area contributed by atoms with Crippen LogP contribution < -0.4 is 21.7 Å². The molecule has 46 heavy (non-hydrogen) atoms. The van der Waals surface area contributed by atoms with Crippen LogP contribution in [0.3, 0.4) is 0 Å². The van der Waals surface area contributed by atoms with Gasteiger partial charge in [-0.15, -0.1) is 0 Å². The number of thioether (sulfide) groups is 1. The monoisotopic (exact) mass is 645 g/mol. The van der Waals surface area contributed by atoms with Crippen LogP contribution in [0.4, 0.5) is 0 Å². The number of carbonyl (C=O) groups excluding carboxylic acids is 3. The van der Waals surface area contributed by atoms with E-state index in [4.69, 9.17) is 5.73 Å². The highest BCUT2D eigenvalue weighted by Crippen LogP contribution is 2.20. The molecule has 0 aliphatic rings. The number of rotatable bonds is 16. The fourth-order valence-electron chi connectivity index (χ4n) is 5.08. The summed E-state index contributed by atoms with van der Waals surface area (Å²) in [6.45, 7) is 0. The molecule has 12 heteroatoms. The fraction of sp³-hybridized carbons (Fsp3) is 0.294. The number of nitrogens with one attached hydrogen (secondary N) is 4. The Morgan fingerprint density at radius 2 is 1.35 bits per heavy atom. The molecule has 0 fully saturated rings. The molecule has 0 radical (unpaired) electrons. The van der Waals surface area contributed by atoms with Crippen molar-refractivity contribution in [2.75, 3.05) is 12.0 Å². The van der Waals surface area contributed by atoms with E-state index in [1.807, 2.05) is 60.9 Å². The van der Waals surface area contributed by atoms with E-state index in [-0.39, 0.29) is 31.4 Å². The molecule has 0 bridgehead atoms. The predicted octanol–water partition coefficient (Wildman–Crippen LogP) is 2.52. The third-order valence-corrected chi connectivity index (χ3v) is 8.25. The highest BCUT2D eigenvalue weighted by Gasteiger charge is 2.31. The lowest BCUT2D eigenvalue weighted by atomic mass is 10.0. The number of aromatic nitrogens is 1. The Balaban J connectivity index is 1.59. The molecule has 4 atom stereocenters. The van der Waals surface area contributed by atoms with E-state index < -0.39 is 47.9 Å². The molecule has 3 amide bonds. The van der Waals surface area contributed by atoms with E-state index in [0.29, 0.717) is 11.3 Å². The minimum atomic E-state index is -1.19. The zero-order valence-electron chi connectivity index (χ0n) is 25.4. The van der Waals surface area contributed by atoms with Gasteiger partial charge in [0.1, 0.15) is 23.9 Å². The molecular weight excluding hydrogens is 606 g/mol. The molecular formula is C34H39N5O6S. The summed E-state index contributed by atoms with van der Waals surface area (Å²) in [7, 11) is 0. The van der Waals surface area contributed by atoms with Crippen molar-refractivity contribution in [3.63, 3.8) is 0 Å². The highest BCUT2D eigenvalue weighted by atomic mass is 32.2. The molecule has 1 heterocycles. The van der Waals surface area contributed by atoms with Crippen LogP contribution in [0, 0.1) is 0 Å². The maximum absolute atomic E-state index is 14.0. The summed E-state index contributed by atoms with van der Waals surface area (Å²) < 4.78 is 0. The van der Waals surface area contributed by atoms with Gasteiger partial charge < -0.3 is 36.9 Å². The summed E-state index contributed by atoms with van der Waals surface area (Å²) in [6, 6.07) is 18.6. The number of carboxylic acid groups (broad SMARTS) is 1. The molecule has 4 rings (SSSR count). The van der Waals surface area contributed by atoms with Crippen molar-refractivity contribution in [2.24, 2.45) is 5.73 Å². The first kappa shape index (κ1) is 34.1. The third kappa shape index (κ3) is 9.59. The van der Waals surface area contributed by atoms with Crippen LogP contribution in [0.2, 0.25) is 0 Å². The number of H-pyrrole nitrogens is 1. The van der Waals surface area contributed by atoms with Crippen molar-refractivity contribution >= 4 is 46.4 Å². The Labute approximate surface area is 271 Å². The zero-order valence-corrected chi connectivity index (χ0v) is 26.3. The van der Waals surface area contributed by atoms with Crippen LogP contribution in [0.25, 0.3) is 10.9 Å². The number of aromatic amines is 1. The van der Waals surface area contributed by atoms with Crippen molar-refractivity contribution in [3.8, 4) is 5.75 Å². The van der Waals surface area contributed by atoms with Crippen LogP contribution >= 0.6 is 11.8 Å². The maximum Gasteiger partial charge on any atom is 0.326 e. The van der Waals surface area contributed by atoms with Gasteiger partial charge in [-0.2, -0.15) is 11.8 Å². The van der Waals surface area contributed by atoms with Gasteiger partial charge in [0.2, 0.25) is 17.7 Å². The number of nitrogens with two attached hydrogens (primary N) is 1. The lowest BCUT2D eigenvalue weighted by Gasteiger charge is -2.25. The molecule has 8 N–H and O–H groups in total. The first-order valence-electron chi connectivity index (χ1n) is 14.9. The average Bonchev–Trinajstić information content (AvgIpc) is 3.46. The fourth-order valence-corrected chi connectivity index (χ4v) is 5.56. The highest BCUT2D eigenvalue weighted by molar-refractivity contribution is 7.98. The number of benzene rings is 3. The summed E-state index contributed by atoms with van der Waals surface area (Å²) >= 11 is 1.45. The summed E-state index contributed by atoms with van der Waals surface area (Å²) in [5.74, 6) is -2.51. The Bertz CT molecular complexity index is 1630. The number of hydrogen-bond donors (Lipinski definition) is 7. The van der Waals surface area contributed by atoms with Crippen molar-refractivity contribution < 1.29 is 29.4 Å². The number of phenols is 1. The predicted molar refractivity (Wildman–Crippen MR) is 178 cm³/mol. The van der Waals surface area contributed by atoms with Gasteiger partial charge in [0.25, 0.3) is 0 Å². The second-order valence-corrected chi connectivity index (χ2v) is 12.0. The van der Waals surface area contributed by atoms with E-state index in [0.717, 1.165) is 22.0 Å². The molecule has 0 aliphatic heterocycles. The molecule has 0 aliphatic carbocycles. The summed E-state index contributed by atoms with van der Waals surface area (Å²) in [6.07, 6.45) is 4.16. The first-order chi connectivity index (χ1) is 22.1. The largest absolute Gasteiger partial charge is 0.508 e. The number of phenolic OH excluding ortho intramolecular Hbond substituents is 1. The molecule has 4 unspecified atom stereocenters. The quantitative estimate of drug-likeness (QED) is 0.0969. The molecule has 0 saturated heterocycles. The van der Waals surface area contributed by atoms with Crippen molar-refractivity contribution in [1.29, 1.82) is 0 Å². The second-order valence-electron chi connectivity index (χ2n) is 11.0. The van der Waals surface area contributed by atoms with E-state index in [1.54, 1.807) is 18.3 Å². The second kappa shape index (κ2) is 16.5. The zero-order chi connectivity index (χ0) is 33.1. The molecule has 0 saturated carbocycles. The van der Waals surface area contributed by atoms with Gasteiger partial charge in [-0.3, -0.25) is 14.4 Å². The number of para-hydroxylation sites is 1. The van der Waals surface area contributed by atoms with Crippen LogP contribution in [-0.2, 0) is 38.4 Å². The number of hydrogen-bond acceptors (Lipinski definition) is 7. The van der Waals surface area contributed by atoms with Gasteiger partial charge in [0.05, 0.1) is 6.04 Å². The average molecular weight is 646 g/mol.